The van der Waals surface area contributed by atoms with Crippen molar-refractivity contribution < 1.29 is 4.79 Å². The normalized spacial score (nSPS) is 12.3. The van der Waals surface area contributed by atoms with Gasteiger partial charge in [0.25, 0.3) is 0 Å². The summed E-state index contributed by atoms with van der Waals surface area (Å²) in [6.45, 7) is 2.72. The molecule has 0 saturated carbocycles. The van der Waals surface area contributed by atoms with Gasteiger partial charge in [-0.05, 0) is 24.6 Å². The van der Waals surface area contributed by atoms with Crippen molar-refractivity contribution in [2.75, 3.05) is 6.54 Å². The lowest BCUT2D eigenvalue weighted by Gasteiger charge is -2.17. The summed E-state index contributed by atoms with van der Waals surface area (Å²) in [5.74, 6) is 0.0811. The van der Waals surface area contributed by atoms with Gasteiger partial charge in [0.2, 0.25) is 5.91 Å². The van der Waals surface area contributed by atoms with Crippen molar-refractivity contribution in [3.8, 4) is 0 Å². The fourth-order valence-corrected chi connectivity index (χ4v) is 2.11. The minimum absolute atomic E-state index is 0.0811. The quantitative estimate of drug-likeness (QED) is 0.798. The number of carbonyl (C=O) groups is 1. The van der Waals surface area contributed by atoms with Gasteiger partial charge in [0.1, 0.15) is 6.04 Å². The van der Waals surface area contributed by atoms with E-state index in [0.29, 0.717) is 6.54 Å². The molecule has 0 bridgehead atoms. The SMILES string of the molecule is CCC[C@@H](C(=O)NCCc1ccn[nH]1)n1cccc1. The first-order chi connectivity index (χ1) is 9.31. The molecule has 0 saturated heterocycles. The molecule has 0 aliphatic rings. The number of carbonyl (C=O) groups excluding carboxylic acids is 1. The standard InChI is InChI=1S/C14H20N4O/c1-2-5-13(18-10-3-4-11-18)14(19)15-8-6-12-7-9-16-17-12/h3-4,7,9-11,13H,2,5-6,8H2,1H3,(H,15,19)(H,16,17)/t13-/m0/s1. The monoisotopic (exact) mass is 260 g/mol. The van der Waals surface area contributed by atoms with Gasteiger partial charge in [-0.1, -0.05) is 13.3 Å². The highest BCUT2D eigenvalue weighted by atomic mass is 16.2. The van der Waals surface area contributed by atoms with E-state index in [0.717, 1.165) is 25.0 Å². The second-order valence-electron chi connectivity index (χ2n) is 4.56. The summed E-state index contributed by atoms with van der Waals surface area (Å²) >= 11 is 0. The van der Waals surface area contributed by atoms with E-state index in [1.807, 2.05) is 35.2 Å². The Morgan fingerprint density at radius 2 is 2.26 bits per heavy atom. The van der Waals surface area contributed by atoms with E-state index in [1.54, 1.807) is 6.20 Å². The van der Waals surface area contributed by atoms with Gasteiger partial charge in [-0.25, -0.2) is 0 Å². The molecule has 2 N–H and O–H groups in total. The molecule has 19 heavy (non-hydrogen) atoms. The molecular weight excluding hydrogens is 240 g/mol. The van der Waals surface area contributed by atoms with E-state index in [-0.39, 0.29) is 11.9 Å². The third kappa shape index (κ3) is 3.71. The average molecular weight is 260 g/mol. The van der Waals surface area contributed by atoms with Gasteiger partial charge >= 0.3 is 0 Å². The van der Waals surface area contributed by atoms with Gasteiger partial charge in [0, 0.05) is 37.3 Å². The fourth-order valence-electron chi connectivity index (χ4n) is 2.11. The van der Waals surface area contributed by atoms with Gasteiger partial charge in [0.05, 0.1) is 0 Å². The Balaban J connectivity index is 1.85. The van der Waals surface area contributed by atoms with Gasteiger partial charge in [-0.2, -0.15) is 5.10 Å². The van der Waals surface area contributed by atoms with Crippen LogP contribution in [0.1, 0.15) is 31.5 Å². The first-order valence-electron chi connectivity index (χ1n) is 6.69. The molecule has 0 fully saturated rings. The van der Waals surface area contributed by atoms with Crippen molar-refractivity contribution in [3.05, 3.63) is 42.5 Å². The van der Waals surface area contributed by atoms with E-state index in [9.17, 15) is 4.79 Å². The molecule has 1 atom stereocenters. The Hall–Kier alpha value is -2.04. The number of hydrogen-bond donors (Lipinski definition) is 2. The minimum Gasteiger partial charge on any atom is -0.354 e. The van der Waals surface area contributed by atoms with Crippen LogP contribution in [0.15, 0.2) is 36.8 Å². The van der Waals surface area contributed by atoms with Gasteiger partial charge in [-0.15, -0.1) is 0 Å². The number of hydrogen-bond acceptors (Lipinski definition) is 2. The predicted molar refractivity (Wildman–Crippen MR) is 73.7 cm³/mol. The molecule has 0 unspecified atom stereocenters. The summed E-state index contributed by atoms with van der Waals surface area (Å²) < 4.78 is 1.97. The molecule has 0 aliphatic heterocycles. The molecule has 2 heterocycles. The topological polar surface area (TPSA) is 62.7 Å². The highest BCUT2D eigenvalue weighted by Gasteiger charge is 2.17. The Morgan fingerprint density at radius 3 is 2.89 bits per heavy atom. The average Bonchev–Trinajstić information content (AvgIpc) is 3.08. The van der Waals surface area contributed by atoms with Crippen molar-refractivity contribution in [3.63, 3.8) is 0 Å². The van der Waals surface area contributed by atoms with Gasteiger partial charge < -0.3 is 9.88 Å². The van der Waals surface area contributed by atoms with Crippen LogP contribution < -0.4 is 5.32 Å². The molecular formula is C14H20N4O. The van der Waals surface area contributed by atoms with E-state index in [2.05, 4.69) is 22.4 Å². The highest BCUT2D eigenvalue weighted by Crippen LogP contribution is 2.14. The van der Waals surface area contributed by atoms with E-state index in [4.69, 9.17) is 0 Å². The summed E-state index contributed by atoms with van der Waals surface area (Å²) in [4.78, 5) is 12.2. The second-order valence-corrected chi connectivity index (χ2v) is 4.56. The number of nitrogens with one attached hydrogen (secondary N) is 2. The molecule has 5 heteroatoms. The predicted octanol–water partition coefficient (Wildman–Crippen LogP) is 1.91. The Bertz CT molecular complexity index is 476. The van der Waals surface area contributed by atoms with Gasteiger partial charge in [-0.3, -0.25) is 9.89 Å². The van der Waals surface area contributed by atoms with Crippen LogP contribution in [0, 0.1) is 0 Å². The Kier molecular flexibility index (Phi) is 4.78. The van der Waals surface area contributed by atoms with Crippen LogP contribution in [0.3, 0.4) is 0 Å². The number of aromatic nitrogens is 3. The van der Waals surface area contributed by atoms with E-state index >= 15 is 0 Å². The third-order valence-corrected chi connectivity index (χ3v) is 3.10. The lowest BCUT2D eigenvalue weighted by Crippen LogP contribution is -2.33. The van der Waals surface area contributed by atoms with Crippen LogP contribution in [-0.4, -0.2) is 27.2 Å². The van der Waals surface area contributed by atoms with Crippen molar-refractivity contribution in [1.29, 1.82) is 0 Å². The molecule has 2 rings (SSSR count). The molecule has 0 aromatic carbocycles. The van der Waals surface area contributed by atoms with Crippen LogP contribution in [0.2, 0.25) is 0 Å². The molecule has 1 amide bonds. The van der Waals surface area contributed by atoms with E-state index in [1.165, 1.54) is 0 Å². The minimum atomic E-state index is -0.109. The molecule has 5 nitrogen and oxygen atoms in total. The third-order valence-electron chi connectivity index (χ3n) is 3.10. The molecule has 0 aliphatic carbocycles. The lowest BCUT2D eigenvalue weighted by atomic mass is 10.1. The second kappa shape index (κ2) is 6.78. The highest BCUT2D eigenvalue weighted by molar-refractivity contribution is 5.80. The summed E-state index contributed by atoms with van der Waals surface area (Å²) in [5.41, 5.74) is 1.04. The van der Waals surface area contributed by atoms with Crippen molar-refractivity contribution in [2.24, 2.45) is 0 Å². The first kappa shape index (κ1) is 13.4. The van der Waals surface area contributed by atoms with Crippen LogP contribution in [-0.2, 0) is 11.2 Å². The van der Waals surface area contributed by atoms with Crippen LogP contribution >= 0.6 is 0 Å². The largest absolute Gasteiger partial charge is 0.354 e. The fraction of sp³-hybridized carbons (Fsp3) is 0.429. The zero-order valence-electron chi connectivity index (χ0n) is 11.2. The lowest BCUT2D eigenvalue weighted by molar-refractivity contribution is -0.124. The van der Waals surface area contributed by atoms with Crippen LogP contribution in [0.5, 0.6) is 0 Å². The number of aromatic amines is 1. The van der Waals surface area contributed by atoms with Crippen LogP contribution in [0.4, 0.5) is 0 Å². The summed E-state index contributed by atoms with van der Waals surface area (Å²) in [7, 11) is 0. The van der Waals surface area contributed by atoms with Crippen molar-refractivity contribution >= 4 is 5.91 Å². The molecule has 2 aromatic rings. The summed E-state index contributed by atoms with van der Waals surface area (Å²) in [6.07, 6.45) is 8.21. The van der Waals surface area contributed by atoms with E-state index < -0.39 is 0 Å². The van der Waals surface area contributed by atoms with Gasteiger partial charge in [0.15, 0.2) is 0 Å². The molecule has 102 valence electrons. The Morgan fingerprint density at radius 1 is 1.47 bits per heavy atom. The Labute approximate surface area is 113 Å². The maximum absolute atomic E-state index is 12.2. The zero-order chi connectivity index (χ0) is 13.5. The zero-order valence-corrected chi connectivity index (χ0v) is 11.2. The summed E-state index contributed by atoms with van der Waals surface area (Å²) in [5, 5.41) is 9.76. The molecule has 0 spiro atoms. The number of nitrogens with zero attached hydrogens (tertiary/aromatic N) is 2. The molecule has 2 aromatic heterocycles. The number of H-pyrrole nitrogens is 1. The summed E-state index contributed by atoms with van der Waals surface area (Å²) in [6, 6.07) is 5.70. The van der Waals surface area contributed by atoms with Crippen molar-refractivity contribution in [2.45, 2.75) is 32.2 Å². The maximum atomic E-state index is 12.2. The maximum Gasteiger partial charge on any atom is 0.243 e. The van der Waals surface area contributed by atoms with Crippen molar-refractivity contribution in [1.82, 2.24) is 20.1 Å². The molecule has 0 radical (unpaired) electrons. The number of amides is 1. The smallest absolute Gasteiger partial charge is 0.243 e. The van der Waals surface area contributed by atoms with Crippen LogP contribution in [0.25, 0.3) is 0 Å². The first-order valence-corrected chi connectivity index (χ1v) is 6.69. The number of rotatable bonds is 7.